The molecule has 110 valence electrons. The number of hydrogen-bond donors (Lipinski definition) is 0. The monoisotopic (exact) mass is 304 g/mol. The van der Waals surface area contributed by atoms with E-state index in [9.17, 15) is 4.79 Å². The quantitative estimate of drug-likeness (QED) is 0.874. The number of fused-ring (bicyclic) bond motifs is 1. The van der Waals surface area contributed by atoms with Gasteiger partial charge < -0.3 is 0 Å². The maximum atomic E-state index is 12.3. The summed E-state index contributed by atoms with van der Waals surface area (Å²) in [5.74, 6) is 1.25. The SMILES string of the molecule is CC(C)Cc1nn(-c2ccc(Cl)nn2)c2c1C(=O)CCC2. The van der Waals surface area contributed by atoms with Crippen molar-refractivity contribution in [3.8, 4) is 5.82 Å². The van der Waals surface area contributed by atoms with Gasteiger partial charge in [0.2, 0.25) is 0 Å². The number of carbonyl (C=O) groups is 1. The van der Waals surface area contributed by atoms with Crippen LogP contribution in [-0.4, -0.2) is 25.8 Å². The van der Waals surface area contributed by atoms with Gasteiger partial charge in [0.05, 0.1) is 17.0 Å². The molecule has 21 heavy (non-hydrogen) atoms. The third-order valence-electron chi connectivity index (χ3n) is 3.59. The third kappa shape index (κ3) is 2.70. The molecule has 2 heterocycles. The van der Waals surface area contributed by atoms with Gasteiger partial charge in [-0.3, -0.25) is 4.79 Å². The highest BCUT2D eigenvalue weighted by Crippen LogP contribution is 2.27. The summed E-state index contributed by atoms with van der Waals surface area (Å²) in [5.41, 5.74) is 2.63. The largest absolute Gasteiger partial charge is 0.294 e. The third-order valence-corrected chi connectivity index (χ3v) is 3.79. The number of nitrogens with zero attached hydrogens (tertiary/aromatic N) is 4. The van der Waals surface area contributed by atoms with Gasteiger partial charge in [-0.1, -0.05) is 25.4 Å². The lowest BCUT2D eigenvalue weighted by Crippen LogP contribution is -2.14. The average molecular weight is 305 g/mol. The lowest BCUT2D eigenvalue weighted by Gasteiger charge is -2.13. The van der Waals surface area contributed by atoms with Crippen LogP contribution in [0.25, 0.3) is 5.82 Å². The van der Waals surface area contributed by atoms with Crippen molar-refractivity contribution >= 4 is 17.4 Å². The van der Waals surface area contributed by atoms with Crippen LogP contribution in [0, 0.1) is 5.92 Å². The molecule has 0 bridgehead atoms. The van der Waals surface area contributed by atoms with Crippen molar-refractivity contribution in [1.29, 1.82) is 0 Å². The number of Topliss-reactive ketones (excluding diaryl/α,β-unsaturated/α-hetero) is 1. The lowest BCUT2D eigenvalue weighted by atomic mass is 9.92. The minimum Gasteiger partial charge on any atom is -0.294 e. The van der Waals surface area contributed by atoms with Crippen LogP contribution < -0.4 is 0 Å². The molecule has 0 saturated carbocycles. The van der Waals surface area contributed by atoms with E-state index in [0.29, 0.717) is 23.3 Å². The summed E-state index contributed by atoms with van der Waals surface area (Å²) in [6, 6.07) is 3.46. The molecule has 0 radical (unpaired) electrons. The van der Waals surface area contributed by atoms with Crippen LogP contribution in [0.2, 0.25) is 5.15 Å². The van der Waals surface area contributed by atoms with E-state index in [4.69, 9.17) is 11.6 Å². The fraction of sp³-hybridized carbons (Fsp3) is 0.467. The number of aromatic nitrogens is 4. The average Bonchev–Trinajstić information content (AvgIpc) is 2.79. The maximum Gasteiger partial charge on any atom is 0.176 e. The molecule has 0 unspecified atom stereocenters. The molecule has 0 N–H and O–H groups in total. The van der Waals surface area contributed by atoms with Crippen molar-refractivity contribution in [3.05, 3.63) is 34.2 Å². The number of carbonyl (C=O) groups excluding carboxylic acids is 1. The van der Waals surface area contributed by atoms with Crippen molar-refractivity contribution < 1.29 is 4.79 Å². The smallest absolute Gasteiger partial charge is 0.176 e. The van der Waals surface area contributed by atoms with Crippen LogP contribution in [0.5, 0.6) is 0 Å². The highest BCUT2D eigenvalue weighted by atomic mass is 35.5. The van der Waals surface area contributed by atoms with Gasteiger partial charge in [0.15, 0.2) is 16.8 Å². The first kappa shape index (κ1) is 14.2. The summed E-state index contributed by atoms with van der Waals surface area (Å²) in [6.45, 7) is 4.25. The zero-order valence-corrected chi connectivity index (χ0v) is 12.9. The summed E-state index contributed by atoms with van der Waals surface area (Å²) in [5, 5.41) is 12.9. The van der Waals surface area contributed by atoms with Crippen molar-refractivity contribution in [3.63, 3.8) is 0 Å². The highest BCUT2D eigenvalue weighted by Gasteiger charge is 2.28. The zero-order chi connectivity index (χ0) is 15.0. The molecule has 0 amide bonds. The fourth-order valence-electron chi connectivity index (χ4n) is 2.74. The molecule has 2 aromatic heterocycles. The molecule has 0 fully saturated rings. The van der Waals surface area contributed by atoms with E-state index in [0.717, 1.165) is 36.2 Å². The topological polar surface area (TPSA) is 60.7 Å². The molecule has 1 aliphatic rings. The van der Waals surface area contributed by atoms with Crippen LogP contribution in [0.1, 0.15) is 48.4 Å². The van der Waals surface area contributed by atoms with Gasteiger partial charge in [-0.05, 0) is 37.3 Å². The Bertz CT molecular complexity index is 676. The molecular weight excluding hydrogens is 288 g/mol. The number of halogens is 1. The van der Waals surface area contributed by atoms with Gasteiger partial charge in [0, 0.05) is 6.42 Å². The van der Waals surface area contributed by atoms with Crippen molar-refractivity contribution in [2.45, 2.75) is 39.5 Å². The summed E-state index contributed by atoms with van der Waals surface area (Å²) in [7, 11) is 0. The van der Waals surface area contributed by atoms with Gasteiger partial charge in [-0.2, -0.15) is 5.10 Å². The van der Waals surface area contributed by atoms with E-state index in [1.165, 1.54) is 0 Å². The molecule has 1 aliphatic carbocycles. The zero-order valence-electron chi connectivity index (χ0n) is 12.1. The molecule has 0 atom stereocenters. The van der Waals surface area contributed by atoms with Gasteiger partial charge in [-0.15, -0.1) is 10.2 Å². The van der Waals surface area contributed by atoms with Gasteiger partial charge in [-0.25, -0.2) is 4.68 Å². The number of ketones is 1. The first-order valence-electron chi connectivity index (χ1n) is 7.20. The second kappa shape index (κ2) is 5.56. The number of rotatable bonds is 3. The molecule has 0 aliphatic heterocycles. The molecule has 2 aromatic rings. The second-order valence-electron chi connectivity index (χ2n) is 5.77. The molecule has 3 rings (SSSR count). The Hall–Kier alpha value is -1.75. The van der Waals surface area contributed by atoms with Crippen LogP contribution in [-0.2, 0) is 12.8 Å². The van der Waals surface area contributed by atoms with E-state index in [2.05, 4.69) is 29.1 Å². The fourth-order valence-corrected chi connectivity index (χ4v) is 2.84. The maximum absolute atomic E-state index is 12.3. The first-order valence-corrected chi connectivity index (χ1v) is 7.57. The van der Waals surface area contributed by atoms with Crippen LogP contribution in [0.3, 0.4) is 0 Å². The predicted molar refractivity (Wildman–Crippen MR) is 80.0 cm³/mol. The molecular formula is C15H17ClN4O. The van der Waals surface area contributed by atoms with E-state index in [1.807, 2.05) is 0 Å². The Balaban J connectivity index is 2.12. The van der Waals surface area contributed by atoms with Crippen LogP contribution in [0.4, 0.5) is 0 Å². The Morgan fingerprint density at radius 3 is 2.76 bits per heavy atom. The normalized spacial score (nSPS) is 14.6. The summed E-state index contributed by atoms with van der Waals surface area (Å²) in [4.78, 5) is 12.3. The Morgan fingerprint density at radius 1 is 1.29 bits per heavy atom. The van der Waals surface area contributed by atoms with Gasteiger partial charge in [0.1, 0.15) is 0 Å². The van der Waals surface area contributed by atoms with E-state index < -0.39 is 0 Å². The second-order valence-corrected chi connectivity index (χ2v) is 6.16. The first-order chi connectivity index (χ1) is 10.1. The van der Waals surface area contributed by atoms with Crippen molar-refractivity contribution in [1.82, 2.24) is 20.0 Å². The van der Waals surface area contributed by atoms with E-state index >= 15 is 0 Å². The standard InChI is InChI=1S/C15H17ClN4O/c1-9(2)8-10-15-11(4-3-5-12(15)21)20(19-10)14-7-6-13(16)17-18-14/h6-7,9H,3-5,8H2,1-2H3. The summed E-state index contributed by atoms with van der Waals surface area (Å²) < 4.78 is 1.76. The summed E-state index contributed by atoms with van der Waals surface area (Å²) >= 11 is 5.78. The minimum atomic E-state index is 0.195. The molecule has 0 spiro atoms. The Kier molecular flexibility index (Phi) is 3.76. The van der Waals surface area contributed by atoms with E-state index in [-0.39, 0.29) is 5.78 Å². The molecule has 0 saturated heterocycles. The molecule has 0 aromatic carbocycles. The van der Waals surface area contributed by atoms with Crippen molar-refractivity contribution in [2.24, 2.45) is 5.92 Å². The van der Waals surface area contributed by atoms with Gasteiger partial charge >= 0.3 is 0 Å². The summed E-state index contributed by atoms with van der Waals surface area (Å²) in [6.07, 6.45) is 3.11. The predicted octanol–water partition coefficient (Wildman–Crippen LogP) is 3.03. The number of hydrogen-bond acceptors (Lipinski definition) is 4. The molecule has 6 heteroatoms. The van der Waals surface area contributed by atoms with Crippen LogP contribution >= 0.6 is 11.6 Å². The Morgan fingerprint density at radius 2 is 2.10 bits per heavy atom. The van der Waals surface area contributed by atoms with Crippen LogP contribution in [0.15, 0.2) is 12.1 Å². The Labute approximate surface area is 128 Å². The highest BCUT2D eigenvalue weighted by molar-refractivity contribution is 6.29. The minimum absolute atomic E-state index is 0.195. The van der Waals surface area contributed by atoms with Crippen molar-refractivity contribution in [2.75, 3.05) is 0 Å². The lowest BCUT2D eigenvalue weighted by molar-refractivity contribution is 0.0971. The van der Waals surface area contributed by atoms with Gasteiger partial charge in [0.25, 0.3) is 0 Å². The van der Waals surface area contributed by atoms with E-state index in [1.54, 1.807) is 16.8 Å². The molecule has 5 nitrogen and oxygen atoms in total.